The molecule has 0 amide bonds. The molecule has 0 radical (unpaired) electrons. The van der Waals surface area contributed by atoms with Crippen LogP contribution in [0.2, 0.25) is 0 Å². The maximum Gasteiger partial charge on any atom is 0.278 e. The number of alkyl halides is 2. The second kappa shape index (κ2) is 5.65. The highest BCUT2D eigenvalue weighted by Gasteiger charge is 2.22. The number of benzene rings is 1. The largest absolute Gasteiger partial charge is 0.487 e. The molecule has 1 N–H and O–H groups in total. The quantitative estimate of drug-likeness (QED) is 0.873. The zero-order chi connectivity index (χ0) is 13.0. The van der Waals surface area contributed by atoms with Gasteiger partial charge >= 0.3 is 0 Å². The molecule has 0 aliphatic carbocycles. The fourth-order valence-electron chi connectivity index (χ4n) is 2.15. The summed E-state index contributed by atoms with van der Waals surface area (Å²) in [6.45, 7) is 2.45. The molecule has 0 spiro atoms. The molecule has 1 heterocycles. The van der Waals surface area contributed by atoms with Crippen LogP contribution in [0.3, 0.4) is 0 Å². The molecule has 1 aromatic carbocycles. The molecule has 0 aromatic heterocycles. The van der Waals surface area contributed by atoms with E-state index in [2.05, 4.69) is 5.32 Å². The van der Waals surface area contributed by atoms with Crippen LogP contribution in [-0.2, 0) is 6.42 Å². The SMILES string of the molecule is CC(F)(F)COc1ccc(CC2CCNC2)cc1. The molecule has 4 heteroatoms. The Balaban J connectivity index is 1.85. The van der Waals surface area contributed by atoms with Crippen LogP contribution in [0.25, 0.3) is 0 Å². The molecule has 1 atom stereocenters. The van der Waals surface area contributed by atoms with Crippen molar-refractivity contribution in [3.05, 3.63) is 29.8 Å². The first-order valence-electron chi connectivity index (χ1n) is 6.33. The molecule has 1 fully saturated rings. The second-order valence-electron chi connectivity index (χ2n) is 5.07. The van der Waals surface area contributed by atoms with E-state index in [1.54, 1.807) is 12.1 Å². The molecule has 1 aliphatic heterocycles. The van der Waals surface area contributed by atoms with Crippen molar-refractivity contribution in [3.8, 4) is 5.75 Å². The van der Waals surface area contributed by atoms with Gasteiger partial charge in [-0.15, -0.1) is 0 Å². The van der Waals surface area contributed by atoms with Crippen molar-refractivity contribution in [1.82, 2.24) is 5.32 Å². The van der Waals surface area contributed by atoms with E-state index < -0.39 is 12.5 Å². The number of ether oxygens (including phenoxy) is 1. The number of halogens is 2. The Kier molecular flexibility index (Phi) is 4.17. The van der Waals surface area contributed by atoms with Crippen molar-refractivity contribution in [2.45, 2.75) is 25.7 Å². The highest BCUT2D eigenvalue weighted by molar-refractivity contribution is 5.27. The van der Waals surface area contributed by atoms with Gasteiger partial charge in [0, 0.05) is 6.92 Å². The predicted octanol–water partition coefficient (Wildman–Crippen LogP) is 2.87. The molecule has 18 heavy (non-hydrogen) atoms. The minimum Gasteiger partial charge on any atom is -0.487 e. The van der Waals surface area contributed by atoms with Crippen LogP contribution in [0.1, 0.15) is 18.9 Å². The molecular weight excluding hydrogens is 236 g/mol. The topological polar surface area (TPSA) is 21.3 Å². The molecule has 2 nitrogen and oxygen atoms in total. The minimum atomic E-state index is -2.78. The van der Waals surface area contributed by atoms with Gasteiger partial charge < -0.3 is 10.1 Å². The van der Waals surface area contributed by atoms with Crippen LogP contribution in [0.4, 0.5) is 8.78 Å². The van der Waals surface area contributed by atoms with E-state index >= 15 is 0 Å². The van der Waals surface area contributed by atoms with Crippen LogP contribution < -0.4 is 10.1 Å². The summed E-state index contributed by atoms with van der Waals surface area (Å²) in [6, 6.07) is 7.45. The molecule has 2 rings (SSSR count). The predicted molar refractivity (Wildman–Crippen MR) is 67.2 cm³/mol. The van der Waals surface area contributed by atoms with E-state index in [1.165, 1.54) is 12.0 Å². The lowest BCUT2D eigenvalue weighted by molar-refractivity contribution is -0.0229. The zero-order valence-corrected chi connectivity index (χ0v) is 10.6. The van der Waals surface area contributed by atoms with Gasteiger partial charge in [0.05, 0.1) is 0 Å². The minimum absolute atomic E-state index is 0.504. The van der Waals surface area contributed by atoms with E-state index in [-0.39, 0.29) is 0 Å². The maximum absolute atomic E-state index is 12.6. The van der Waals surface area contributed by atoms with Gasteiger partial charge in [-0.3, -0.25) is 0 Å². The second-order valence-corrected chi connectivity index (χ2v) is 5.07. The van der Waals surface area contributed by atoms with Gasteiger partial charge in [0.1, 0.15) is 5.75 Å². The van der Waals surface area contributed by atoms with E-state index in [0.29, 0.717) is 11.7 Å². The lowest BCUT2D eigenvalue weighted by atomic mass is 9.99. The van der Waals surface area contributed by atoms with Gasteiger partial charge in [0.15, 0.2) is 6.61 Å². The summed E-state index contributed by atoms with van der Waals surface area (Å²) >= 11 is 0. The molecule has 1 aromatic rings. The Morgan fingerprint density at radius 1 is 1.33 bits per heavy atom. The molecule has 1 saturated heterocycles. The fraction of sp³-hybridized carbons (Fsp3) is 0.571. The number of nitrogens with one attached hydrogen (secondary N) is 1. The average molecular weight is 255 g/mol. The van der Waals surface area contributed by atoms with E-state index in [9.17, 15) is 8.78 Å². The first-order valence-corrected chi connectivity index (χ1v) is 6.33. The van der Waals surface area contributed by atoms with Crippen molar-refractivity contribution in [2.24, 2.45) is 5.92 Å². The zero-order valence-electron chi connectivity index (χ0n) is 10.6. The van der Waals surface area contributed by atoms with Crippen molar-refractivity contribution in [1.29, 1.82) is 0 Å². The standard InChI is InChI=1S/C14H19F2NO/c1-14(15,16)10-18-13-4-2-11(3-5-13)8-12-6-7-17-9-12/h2-5,12,17H,6-10H2,1H3. The fourth-order valence-corrected chi connectivity index (χ4v) is 2.15. The third kappa shape index (κ3) is 4.26. The summed E-state index contributed by atoms with van der Waals surface area (Å²) in [4.78, 5) is 0. The number of hydrogen-bond acceptors (Lipinski definition) is 2. The Morgan fingerprint density at radius 3 is 2.61 bits per heavy atom. The van der Waals surface area contributed by atoms with Crippen LogP contribution in [-0.4, -0.2) is 25.6 Å². The Hall–Kier alpha value is -1.16. The number of hydrogen-bond donors (Lipinski definition) is 1. The smallest absolute Gasteiger partial charge is 0.278 e. The van der Waals surface area contributed by atoms with Gasteiger partial charge in [-0.2, -0.15) is 0 Å². The summed E-state index contributed by atoms with van der Waals surface area (Å²) in [6.07, 6.45) is 2.25. The Labute approximate surface area is 106 Å². The highest BCUT2D eigenvalue weighted by atomic mass is 19.3. The summed E-state index contributed by atoms with van der Waals surface area (Å²) in [5.41, 5.74) is 1.24. The van der Waals surface area contributed by atoms with Crippen LogP contribution in [0, 0.1) is 5.92 Å². The lowest BCUT2D eigenvalue weighted by Gasteiger charge is -2.13. The van der Waals surface area contributed by atoms with Crippen LogP contribution in [0.5, 0.6) is 5.75 Å². The van der Waals surface area contributed by atoms with Crippen molar-refractivity contribution in [3.63, 3.8) is 0 Å². The third-order valence-corrected chi connectivity index (χ3v) is 3.10. The Bertz CT molecular complexity index is 366. The summed E-state index contributed by atoms with van der Waals surface area (Å²) < 4.78 is 30.3. The summed E-state index contributed by atoms with van der Waals surface area (Å²) in [5.74, 6) is -1.59. The van der Waals surface area contributed by atoms with Gasteiger partial charge in [-0.25, -0.2) is 8.78 Å². The first-order chi connectivity index (χ1) is 8.53. The molecule has 0 bridgehead atoms. The van der Waals surface area contributed by atoms with Crippen LogP contribution in [0.15, 0.2) is 24.3 Å². The van der Waals surface area contributed by atoms with Crippen molar-refractivity contribution < 1.29 is 13.5 Å². The molecule has 1 unspecified atom stereocenters. The van der Waals surface area contributed by atoms with Crippen molar-refractivity contribution in [2.75, 3.05) is 19.7 Å². The monoisotopic (exact) mass is 255 g/mol. The molecular formula is C14H19F2NO. The molecule has 1 aliphatic rings. The first kappa shape index (κ1) is 13.3. The van der Waals surface area contributed by atoms with Gasteiger partial charge in [0.25, 0.3) is 5.92 Å². The summed E-state index contributed by atoms with van der Waals surface area (Å²) in [7, 11) is 0. The average Bonchev–Trinajstić information content (AvgIpc) is 2.80. The van der Waals surface area contributed by atoms with Gasteiger partial charge in [0.2, 0.25) is 0 Å². The van der Waals surface area contributed by atoms with Crippen LogP contribution >= 0.6 is 0 Å². The lowest BCUT2D eigenvalue weighted by Crippen LogP contribution is -2.20. The highest BCUT2D eigenvalue weighted by Crippen LogP contribution is 2.20. The van der Waals surface area contributed by atoms with E-state index in [1.807, 2.05) is 12.1 Å². The van der Waals surface area contributed by atoms with E-state index in [4.69, 9.17) is 4.74 Å². The normalized spacial score (nSPS) is 20.1. The van der Waals surface area contributed by atoms with Gasteiger partial charge in [-0.1, -0.05) is 12.1 Å². The maximum atomic E-state index is 12.6. The molecule has 100 valence electrons. The Morgan fingerprint density at radius 2 is 2.06 bits per heavy atom. The summed E-state index contributed by atoms with van der Waals surface area (Å²) in [5, 5.41) is 3.33. The van der Waals surface area contributed by atoms with Gasteiger partial charge in [-0.05, 0) is 49.5 Å². The number of rotatable bonds is 5. The molecule has 0 saturated carbocycles. The van der Waals surface area contributed by atoms with Crippen molar-refractivity contribution >= 4 is 0 Å². The van der Waals surface area contributed by atoms with E-state index in [0.717, 1.165) is 26.4 Å². The third-order valence-electron chi connectivity index (χ3n) is 3.10.